The Morgan fingerprint density at radius 1 is 1.57 bits per heavy atom. The minimum absolute atomic E-state index is 0.219. The van der Waals surface area contributed by atoms with Gasteiger partial charge < -0.3 is 10.1 Å². The summed E-state index contributed by atoms with van der Waals surface area (Å²) in [6.45, 7) is 1.71. The molecule has 1 aliphatic rings. The molecule has 0 radical (unpaired) electrons. The number of hydrogen-bond donors (Lipinski definition) is 1. The number of hydrogen-bond acceptors (Lipinski definition) is 2. The number of nitrogens with one attached hydrogen (secondary N) is 1. The van der Waals surface area contributed by atoms with Crippen molar-refractivity contribution in [1.29, 1.82) is 0 Å². The molecule has 0 fully saturated rings. The molecule has 14 heavy (non-hydrogen) atoms. The number of rotatable bonds is 2. The van der Waals surface area contributed by atoms with Crippen molar-refractivity contribution in [1.82, 2.24) is 5.32 Å². The SMILES string of the molecule is CNC[C@H]1OCCc2cc(Br)ccc21. The van der Waals surface area contributed by atoms with Crippen LogP contribution in [0.15, 0.2) is 22.7 Å². The lowest BCUT2D eigenvalue weighted by Gasteiger charge is -2.26. The third-order valence-corrected chi connectivity index (χ3v) is 3.03. The summed E-state index contributed by atoms with van der Waals surface area (Å²) < 4.78 is 6.86. The van der Waals surface area contributed by atoms with Gasteiger partial charge >= 0.3 is 0 Å². The van der Waals surface area contributed by atoms with E-state index in [0.29, 0.717) is 0 Å². The molecule has 1 aromatic rings. The van der Waals surface area contributed by atoms with Crippen LogP contribution in [0.2, 0.25) is 0 Å². The molecule has 2 nitrogen and oxygen atoms in total. The molecular formula is C11H14BrNO. The van der Waals surface area contributed by atoms with Crippen LogP contribution in [0.3, 0.4) is 0 Å². The Kier molecular flexibility index (Phi) is 3.21. The number of ether oxygens (including phenoxy) is 1. The van der Waals surface area contributed by atoms with Crippen molar-refractivity contribution in [3.63, 3.8) is 0 Å². The van der Waals surface area contributed by atoms with Gasteiger partial charge in [0.25, 0.3) is 0 Å². The average Bonchev–Trinajstić information content (AvgIpc) is 2.18. The summed E-state index contributed by atoms with van der Waals surface area (Å²) in [4.78, 5) is 0. The van der Waals surface area contributed by atoms with E-state index in [1.54, 1.807) is 0 Å². The molecule has 2 rings (SSSR count). The number of halogens is 1. The third-order valence-electron chi connectivity index (χ3n) is 2.53. The van der Waals surface area contributed by atoms with Gasteiger partial charge in [0.2, 0.25) is 0 Å². The zero-order chi connectivity index (χ0) is 9.97. The molecule has 0 bridgehead atoms. The molecule has 0 amide bonds. The number of likely N-dealkylation sites (N-methyl/N-ethyl adjacent to an activating group) is 1. The second-order valence-corrected chi connectivity index (χ2v) is 4.43. The molecule has 3 heteroatoms. The van der Waals surface area contributed by atoms with Crippen molar-refractivity contribution >= 4 is 15.9 Å². The molecule has 76 valence electrons. The van der Waals surface area contributed by atoms with E-state index < -0.39 is 0 Å². The summed E-state index contributed by atoms with van der Waals surface area (Å²) in [5, 5.41) is 3.16. The van der Waals surface area contributed by atoms with Crippen molar-refractivity contribution < 1.29 is 4.74 Å². The second kappa shape index (κ2) is 4.43. The lowest BCUT2D eigenvalue weighted by molar-refractivity contribution is 0.0438. The van der Waals surface area contributed by atoms with Crippen LogP contribution >= 0.6 is 15.9 Å². The van der Waals surface area contributed by atoms with Gasteiger partial charge in [-0.25, -0.2) is 0 Å². The van der Waals surface area contributed by atoms with E-state index in [9.17, 15) is 0 Å². The Balaban J connectivity index is 2.30. The van der Waals surface area contributed by atoms with Gasteiger partial charge in [0.15, 0.2) is 0 Å². The monoisotopic (exact) mass is 255 g/mol. The Hall–Kier alpha value is -0.380. The first kappa shape index (κ1) is 10.1. The molecule has 0 saturated carbocycles. The van der Waals surface area contributed by atoms with Gasteiger partial charge in [-0.2, -0.15) is 0 Å². The first-order chi connectivity index (χ1) is 6.81. The maximum absolute atomic E-state index is 5.71. The second-order valence-electron chi connectivity index (χ2n) is 3.51. The topological polar surface area (TPSA) is 21.3 Å². The standard InChI is InChI=1S/C11H14BrNO/c1-13-7-11-10-3-2-9(12)6-8(10)4-5-14-11/h2-3,6,11,13H,4-5,7H2,1H3/t11-/m1/s1. The summed E-state index contributed by atoms with van der Waals surface area (Å²) in [7, 11) is 1.95. The lowest BCUT2D eigenvalue weighted by atomic mass is 9.98. The van der Waals surface area contributed by atoms with Gasteiger partial charge in [0.05, 0.1) is 12.7 Å². The predicted octanol–water partition coefficient (Wildman–Crippen LogP) is 2.28. The van der Waals surface area contributed by atoms with Gasteiger partial charge in [-0.15, -0.1) is 0 Å². The van der Waals surface area contributed by atoms with E-state index in [1.807, 2.05) is 7.05 Å². The van der Waals surface area contributed by atoms with E-state index >= 15 is 0 Å². The van der Waals surface area contributed by atoms with Crippen LogP contribution in [0.1, 0.15) is 17.2 Å². The van der Waals surface area contributed by atoms with Crippen molar-refractivity contribution in [2.24, 2.45) is 0 Å². The molecule has 1 heterocycles. The molecule has 0 spiro atoms. The van der Waals surface area contributed by atoms with Crippen molar-refractivity contribution in [3.05, 3.63) is 33.8 Å². The van der Waals surface area contributed by atoms with Crippen molar-refractivity contribution in [2.45, 2.75) is 12.5 Å². The van der Waals surface area contributed by atoms with Gasteiger partial charge in [0.1, 0.15) is 0 Å². The Labute approximate surface area is 92.8 Å². The van der Waals surface area contributed by atoms with Crippen LogP contribution in [0.4, 0.5) is 0 Å². The highest BCUT2D eigenvalue weighted by Gasteiger charge is 2.19. The van der Waals surface area contributed by atoms with Crippen molar-refractivity contribution in [3.8, 4) is 0 Å². The van der Waals surface area contributed by atoms with Gasteiger partial charge in [-0.05, 0) is 36.7 Å². The quantitative estimate of drug-likeness (QED) is 0.876. The molecule has 1 aromatic carbocycles. The fourth-order valence-electron chi connectivity index (χ4n) is 1.86. The summed E-state index contributed by atoms with van der Waals surface area (Å²) >= 11 is 3.49. The lowest BCUT2D eigenvalue weighted by Crippen LogP contribution is -2.25. The van der Waals surface area contributed by atoms with Crippen LogP contribution in [0.25, 0.3) is 0 Å². The zero-order valence-corrected chi connectivity index (χ0v) is 9.80. The third kappa shape index (κ3) is 2.00. The highest BCUT2D eigenvalue weighted by Crippen LogP contribution is 2.28. The summed E-state index contributed by atoms with van der Waals surface area (Å²) in [5.41, 5.74) is 2.74. The molecule has 1 atom stereocenters. The number of benzene rings is 1. The van der Waals surface area contributed by atoms with E-state index in [0.717, 1.165) is 24.0 Å². The number of fused-ring (bicyclic) bond motifs is 1. The molecule has 1 aliphatic heterocycles. The smallest absolute Gasteiger partial charge is 0.0951 e. The molecular weight excluding hydrogens is 242 g/mol. The molecule has 0 saturated heterocycles. The molecule has 0 aliphatic carbocycles. The fraction of sp³-hybridized carbons (Fsp3) is 0.455. The summed E-state index contributed by atoms with van der Waals surface area (Å²) in [5.74, 6) is 0. The minimum Gasteiger partial charge on any atom is -0.372 e. The average molecular weight is 256 g/mol. The Morgan fingerprint density at radius 3 is 3.21 bits per heavy atom. The zero-order valence-electron chi connectivity index (χ0n) is 8.22. The van der Waals surface area contributed by atoms with Crippen LogP contribution in [0, 0.1) is 0 Å². The van der Waals surface area contributed by atoms with Crippen molar-refractivity contribution in [2.75, 3.05) is 20.2 Å². The minimum atomic E-state index is 0.219. The largest absolute Gasteiger partial charge is 0.372 e. The van der Waals surface area contributed by atoms with Gasteiger partial charge in [-0.3, -0.25) is 0 Å². The van der Waals surface area contributed by atoms with Crippen LogP contribution in [-0.4, -0.2) is 20.2 Å². The van der Waals surface area contributed by atoms with Crippen LogP contribution in [-0.2, 0) is 11.2 Å². The highest BCUT2D eigenvalue weighted by atomic mass is 79.9. The highest BCUT2D eigenvalue weighted by molar-refractivity contribution is 9.10. The normalized spacial score (nSPS) is 20.6. The predicted molar refractivity (Wildman–Crippen MR) is 60.5 cm³/mol. The van der Waals surface area contributed by atoms with Crippen LogP contribution in [0.5, 0.6) is 0 Å². The van der Waals surface area contributed by atoms with E-state index in [1.165, 1.54) is 11.1 Å². The first-order valence-corrected chi connectivity index (χ1v) is 5.65. The molecule has 0 aromatic heterocycles. The Morgan fingerprint density at radius 2 is 2.43 bits per heavy atom. The Bertz CT molecular complexity index is 327. The summed E-state index contributed by atoms with van der Waals surface area (Å²) in [6, 6.07) is 6.43. The van der Waals surface area contributed by atoms with Gasteiger partial charge in [-0.1, -0.05) is 22.0 Å². The van der Waals surface area contributed by atoms with Crippen LogP contribution < -0.4 is 5.32 Å². The molecule has 1 N–H and O–H groups in total. The van der Waals surface area contributed by atoms with E-state index in [2.05, 4.69) is 39.4 Å². The summed E-state index contributed by atoms with van der Waals surface area (Å²) in [6.07, 6.45) is 1.24. The van der Waals surface area contributed by atoms with Gasteiger partial charge in [0, 0.05) is 11.0 Å². The maximum atomic E-state index is 5.71. The maximum Gasteiger partial charge on any atom is 0.0951 e. The fourth-order valence-corrected chi connectivity index (χ4v) is 2.27. The van der Waals surface area contributed by atoms with E-state index in [4.69, 9.17) is 4.74 Å². The van der Waals surface area contributed by atoms with E-state index in [-0.39, 0.29) is 6.10 Å². The first-order valence-electron chi connectivity index (χ1n) is 4.86. The molecule has 0 unspecified atom stereocenters.